The zero-order chi connectivity index (χ0) is 9.84. The third kappa shape index (κ3) is 2.04. The van der Waals surface area contributed by atoms with Gasteiger partial charge in [-0.15, -0.1) is 0 Å². The third-order valence-corrected chi connectivity index (χ3v) is 2.34. The number of hydrogen-bond acceptors (Lipinski definition) is 2. The molecule has 0 N–H and O–H groups in total. The maximum atomic E-state index is 5.16. The Labute approximate surface area is 86.3 Å². The minimum absolute atomic E-state index is 0.774. The summed E-state index contributed by atoms with van der Waals surface area (Å²) < 4.78 is 11.2. The van der Waals surface area contributed by atoms with Gasteiger partial charge in [0.25, 0.3) is 0 Å². The van der Waals surface area contributed by atoms with E-state index in [0.717, 1.165) is 21.5 Å². The van der Waals surface area contributed by atoms with E-state index in [0.29, 0.717) is 0 Å². The van der Waals surface area contributed by atoms with Crippen molar-refractivity contribution in [1.82, 2.24) is 0 Å². The zero-order valence-corrected chi connectivity index (χ0v) is 9.22. The molecule has 0 bridgehead atoms. The number of benzene rings is 1. The molecule has 1 aromatic rings. The average molecular weight is 243 g/mol. The van der Waals surface area contributed by atoms with Crippen molar-refractivity contribution < 1.29 is 9.47 Å². The predicted octanol–water partition coefficient (Wildman–Crippen LogP) is 3.11. The molecule has 70 valence electrons. The van der Waals surface area contributed by atoms with Crippen LogP contribution in [0.1, 0.15) is 5.56 Å². The van der Waals surface area contributed by atoms with Gasteiger partial charge in [0.2, 0.25) is 0 Å². The Morgan fingerprint density at radius 2 is 1.85 bits per heavy atom. The first-order valence-electron chi connectivity index (χ1n) is 3.77. The summed E-state index contributed by atoms with van der Waals surface area (Å²) in [5.74, 6) is 1.55. The molecule has 0 amide bonds. The van der Waals surface area contributed by atoms with Crippen LogP contribution in [0.25, 0.3) is 6.08 Å². The molecule has 3 heteroatoms. The maximum absolute atomic E-state index is 5.16. The smallest absolute Gasteiger partial charge is 0.133 e. The van der Waals surface area contributed by atoms with Gasteiger partial charge in [0.05, 0.1) is 18.7 Å². The maximum Gasteiger partial charge on any atom is 0.133 e. The second kappa shape index (κ2) is 4.33. The molecule has 0 spiro atoms. The van der Waals surface area contributed by atoms with E-state index in [9.17, 15) is 0 Å². The van der Waals surface area contributed by atoms with E-state index in [-0.39, 0.29) is 0 Å². The minimum Gasteiger partial charge on any atom is -0.496 e. The minimum atomic E-state index is 0.774. The number of methoxy groups -OCH3 is 2. The lowest BCUT2D eigenvalue weighted by Gasteiger charge is -2.09. The Hall–Kier alpha value is -0.960. The van der Waals surface area contributed by atoms with Crippen molar-refractivity contribution in [2.24, 2.45) is 0 Å². The highest BCUT2D eigenvalue weighted by Gasteiger charge is 2.06. The molecule has 0 unspecified atom stereocenters. The fourth-order valence-electron chi connectivity index (χ4n) is 1.04. The van der Waals surface area contributed by atoms with Gasteiger partial charge in [-0.25, -0.2) is 0 Å². The van der Waals surface area contributed by atoms with Crippen molar-refractivity contribution >= 4 is 22.0 Å². The molecule has 0 heterocycles. The molecule has 1 rings (SSSR count). The van der Waals surface area contributed by atoms with Gasteiger partial charge >= 0.3 is 0 Å². The lowest BCUT2D eigenvalue weighted by atomic mass is 10.2. The van der Waals surface area contributed by atoms with Gasteiger partial charge in [0.1, 0.15) is 11.5 Å². The number of halogens is 1. The largest absolute Gasteiger partial charge is 0.496 e. The van der Waals surface area contributed by atoms with E-state index >= 15 is 0 Å². The zero-order valence-electron chi connectivity index (χ0n) is 7.63. The second-order valence-corrected chi connectivity index (χ2v) is 3.29. The van der Waals surface area contributed by atoms with Gasteiger partial charge in [0.15, 0.2) is 0 Å². The van der Waals surface area contributed by atoms with Gasteiger partial charge in [-0.1, -0.05) is 12.7 Å². The molecule has 0 radical (unpaired) electrons. The summed E-state index contributed by atoms with van der Waals surface area (Å²) in [6, 6.07) is 3.73. The predicted molar refractivity (Wildman–Crippen MR) is 57.3 cm³/mol. The lowest BCUT2D eigenvalue weighted by Crippen LogP contribution is -1.90. The van der Waals surface area contributed by atoms with E-state index in [1.807, 2.05) is 12.1 Å². The highest BCUT2D eigenvalue weighted by atomic mass is 79.9. The van der Waals surface area contributed by atoms with Gasteiger partial charge in [-0.2, -0.15) is 0 Å². The van der Waals surface area contributed by atoms with E-state index in [4.69, 9.17) is 9.47 Å². The van der Waals surface area contributed by atoms with Crippen molar-refractivity contribution in [3.8, 4) is 11.5 Å². The van der Waals surface area contributed by atoms with Crippen LogP contribution in [0.5, 0.6) is 11.5 Å². The number of rotatable bonds is 3. The van der Waals surface area contributed by atoms with Crippen molar-refractivity contribution in [1.29, 1.82) is 0 Å². The molecule has 0 saturated heterocycles. The number of ether oxygens (including phenoxy) is 2. The lowest BCUT2D eigenvalue weighted by molar-refractivity contribution is 0.400. The van der Waals surface area contributed by atoms with Crippen LogP contribution in [0.3, 0.4) is 0 Å². The molecule has 0 aliphatic heterocycles. The Morgan fingerprint density at radius 3 is 2.31 bits per heavy atom. The average Bonchev–Trinajstić information content (AvgIpc) is 2.17. The van der Waals surface area contributed by atoms with Crippen LogP contribution >= 0.6 is 15.9 Å². The quantitative estimate of drug-likeness (QED) is 0.812. The first kappa shape index (κ1) is 10.1. The summed E-state index contributed by atoms with van der Waals surface area (Å²) in [5.41, 5.74) is 0.919. The van der Waals surface area contributed by atoms with Crippen LogP contribution < -0.4 is 9.47 Å². The SMILES string of the molecule is C=Cc1cc(OC)c(Br)cc1OC. The fraction of sp³-hybridized carbons (Fsp3) is 0.200. The van der Waals surface area contributed by atoms with Crippen LogP contribution in [0.4, 0.5) is 0 Å². The van der Waals surface area contributed by atoms with Crippen molar-refractivity contribution in [2.75, 3.05) is 14.2 Å². The monoisotopic (exact) mass is 242 g/mol. The second-order valence-electron chi connectivity index (χ2n) is 2.43. The van der Waals surface area contributed by atoms with E-state index in [1.54, 1.807) is 20.3 Å². The third-order valence-electron chi connectivity index (χ3n) is 1.72. The normalized spacial score (nSPS) is 9.46. The fourth-order valence-corrected chi connectivity index (χ4v) is 1.53. The first-order valence-corrected chi connectivity index (χ1v) is 4.56. The van der Waals surface area contributed by atoms with Crippen LogP contribution in [0.2, 0.25) is 0 Å². The van der Waals surface area contributed by atoms with E-state index in [2.05, 4.69) is 22.5 Å². The molecule has 0 fully saturated rings. The molecule has 0 atom stereocenters. The summed E-state index contributed by atoms with van der Waals surface area (Å²) in [6.07, 6.45) is 1.73. The van der Waals surface area contributed by atoms with Crippen LogP contribution in [0, 0.1) is 0 Å². The van der Waals surface area contributed by atoms with Crippen molar-refractivity contribution in [3.63, 3.8) is 0 Å². The van der Waals surface area contributed by atoms with Crippen LogP contribution in [0.15, 0.2) is 23.2 Å². The molecule has 0 aliphatic rings. The topological polar surface area (TPSA) is 18.5 Å². The van der Waals surface area contributed by atoms with E-state index < -0.39 is 0 Å². The van der Waals surface area contributed by atoms with Gasteiger partial charge in [-0.05, 0) is 28.1 Å². The highest BCUT2D eigenvalue weighted by molar-refractivity contribution is 9.10. The van der Waals surface area contributed by atoms with Gasteiger partial charge in [0, 0.05) is 5.56 Å². The molecule has 0 aromatic heterocycles. The molecule has 2 nitrogen and oxygen atoms in total. The summed E-state index contributed by atoms with van der Waals surface area (Å²) in [6.45, 7) is 3.69. The molecule has 1 aromatic carbocycles. The Morgan fingerprint density at radius 1 is 1.23 bits per heavy atom. The highest BCUT2D eigenvalue weighted by Crippen LogP contribution is 2.33. The number of hydrogen-bond donors (Lipinski definition) is 0. The first-order chi connectivity index (χ1) is 6.22. The molecular formula is C10H11BrO2. The Balaban J connectivity index is 3.26. The Kier molecular flexibility index (Phi) is 3.37. The molecular weight excluding hydrogens is 232 g/mol. The van der Waals surface area contributed by atoms with Crippen molar-refractivity contribution in [3.05, 3.63) is 28.7 Å². The summed E-state index contributed by atoms with van der Waals surface area (Å²) in [5, 5.41) is 0. The molecule has 0 aliphatic carbocycles. The molecule has 0 saturated carbocycles. The van der Waals surface area contributed by atoms with Crippen molar-refractivity contribution in [2.45, 2.75) is 0 Å². The van der Waals surface area contributed by atoms with Crippen LogP contribution in [-0.2, 0) is 0 Å². The summed E-state index contributed by atoms with van der Waals surface area (Å²) in [4.78, 5) is 0. The van der Waals surface area contributed by atoms with Gasteiger partial charge < -0.3 is 9.47 Å². The summed E-state index contributed by atoms with van der Waals surface area (Å²) >= 11 is 3.37. The standard InChI is InChI=1S/C10H11BrO2/c1-4-7-5-10(13-3)8(11)6-9(7)12-2/h4-6H,1H2,2-3H3. The van der Waals surface area contributed by atoms with Crippen LogP contribution in [-0.4, -0.2) is 14.2 Å². The van der Waals surface area contributed by atoms with E-state index in [1.165, 1.54) is 0 Å². The Bertz CT molecular complexity index is 321. The van der Waals surface area contributed by atoms with Gasteiger partial charge in [-0.3, -0.25) is 0 Å². The molecule has 13 heavy (non-hydrogen) atoms. The summed E-state index contributed by atoms with van der Waals surface area (Å²) in [7, 11) is 3.25.